The lowest BCUT2D eigenvalue weighted by Gasteiger charge is -2.38. The Kier molecular flexibility index (Phi) is 5.67. The van der Waals surface area contributed by atoms with E-state index in [9.17, 15) is 17.6 Å². The molecule has 4 nitrogen and oxygen atoms in total. The minimum Gasteiger partial charge on any atom is -0.337 e. The average Bonchev–Trinajstić information content (AvgIpc) is 2.98. The minimum absolute atomic E-state index is 0.0171. The van der Waals surface area contributed by atoms with Crippen molar-refractivity contribution in [1.82, 2.24) is 4.90 Å². The highest BCUT2D eigenvalue weighted by Crippen LogP contribution is 2.40. The Labute approximate surface area is 175 Å². The topological polar surface area (TPSA) is 54.5 Å². The summed E-state index contributed by atoms with van der Waals surface area (Å²) in [4.78, 5) is 15.1. The summed E-state index contributed by atoms with van der Waals surface area (Å²) in [6, 6.07) is 13.1. The van der Waals surface area contributed by atoms with Crippen molar-refractivity contribution in [2.24, 2.45) is 0 Å². The van der Waals surface area contributed by atoms with Crippen LogP contribution in [0.1, 0.15) is 37.7 Å². The number of aryl methyl sites for hydroxylation is 1. The molecule has 0 saturated carbocycles. The first-order valence-electron chi connectivity index (χ1n) is 9.90. The standard InChI is InChI=1S/C22H23ClFNO3S/c23-20-10-6-15(12-21(20)24)7-11-22(26)25-16-8-9-17(25)14-19(13-16)29(27,28)18-4-2-1-3-5-18/h1-6,10,12,16-17,19H,7-9,11,13-14H2/t16-,17+,19?. The molecule has 7 heteroatoms. The van der Waals surface area contributed by atoms with E-state index in [0.717, 1.165) is 18.4 Å². The minimum atomic E-state index is -3.39. The summed E-state index contributed by atoms with van der Waals surface area (Å²) in [5.74, 6) is -0.466. The Bertz CT molecular complexity index is 998. The summed E-state index contributed by atoms with van der Waals surface area (Å²) in [5, 5.41) is -0.378. The first kappa shape index (κ1) is 20.4. The predicted octanol–water partition coefficient (Wildman–Crippen LogP) is 4.41. The molecule has 4 rings (SSSR count). The molecule has 1 amide bonds. The normalized spacial score (nSPS) is 23.9. The smallest absolute Gasteiger partial charge is 0.223 e. The fourth-order valence-electron chi connectivity index (χ4n) is 4.67. The number of carbonyl (C=O) groups is 1. The molecule has 2 aromatic rings. The van der Waals surface area contributed by atoms with Crippen molar-refractivity contribution >= 4 is 27.3 Å². The van der Waals surface area contributed by atoms with Crippen LogP contribution in [0.3, 0.4) is 0 Å². The molecule has 1 unspecified atom stereocenters. The highest BCUT2D eigenvalue weighted by atomic mass is 35.5. The van der Waals surface area contributed by atoms with Crippen LogP contribution in [0.25, 0.3) is 0 Å². The highest BCUT2D eigenvalue weighted by molar-refractivity contribution is 7.92. The summed E-state index contributed by atoms with van der Waals surface area (Å²) < 4.78 is 39.6. The van der Waals surface area contributed by atoms with Crippen LogP contribution in [0, 0.1) is 5.82 Å². The number of nitrogens with zero attached hydrogens (tertiary/aromatic N) is 1. The Morgan fingerprint density at radius 1 is 1.07 bits per heavy atom. The lowest BCUT2D eigenvalue weighted by molar-refractivity contribution is -0.135. The first-order valence-corrected chi connectivity index (χ1v) is 11.8. The second-order valence-electron chi connectivity index (χ2n) is 7.89. The molecular weight excluding hydrogens is 413 g/mol. The average molecular weight is 436 g/mol. The van der Waals surface area contributed by atoms with E-state index in [-0.39, 0.29) is 29.4 Å². The van der Waals surface area contributed by atoms with Gasteiger partial charge in [-0.05, 0) is 61.9 Å². The maximum atomic E-state index is 13.6. The number of rotatable bonds is 5. The molecule has 2 saturated heterocycles. The number of fused-ring (bicyclic) bond motifs is 2. The van der Waals surface area contributed by atoms with E-state index in [1.54, 1.807) is 36.4 Å². The Morgan fingerprint density at radius 2 is 1.72 bits per heavy atom. The summed E-state index contributed by atoms with van der Waals surface area (Å²) in [6.45, 7) is 0. The van der Waals surface area contributed by atoms with Crippen LogP contribution in [-0.4, -0.2) is 36.6 Å². The molecule has 2 heterocycles. The van der Waals surface area contributed by atoms with Crippen molar-refractivity contribution < 1.29 is 17.6 Å². The van der Waals surface area contributed by atoms with Crippen molar-refractivity contribution in [3.8, 4) is 0 Å². The van der Waals surface area contributed by atoms with E-state index in [2.05, 4.69) is 0 Å². The maximum Gasteiger partial charge on any atom is 0.223 e. The van der Waals surface area contributed by atoms with Gasteiger partial charge in [-0.15, -0.1) is 0 Å². The van der Waals surface area contributed by atoms with Gasteiger partial charge in [0.05, 0.1) is 15.2 Å². The molecule has 2 aromatic carbocycles. The zero-order chi connectivity index (χ0) is 20.6. The molecule has 0 radical (unpaired) electrons. The Balaban J connectivity index is 1.42. The van der Waals surface area contributed by atoms with Gasteiger partial charge < -0.3 is 4.90 Å². The SMILES string of the molecule is O=C(CCc1ccc(Cl)c(F)c1)N1[C@@H]2CC[C@H]1CC(S(=O)(=O)c1ccccc1)C2. The fraction of sp³-hybridized carbons (Fsp3) is 0.409. The number of benzene rings is 2. The molecule has 0 aliphatic carbocycles. The van der Waals surface area contributed by atoms with Crippen molar-refractivity contribution in [3.63, 3.8) is 0 Å². The van der Waals surface area contributed by atoms with Crippen LogP contribution in [0.5, 0.6) is 0 Å². The largest absolute Gasteiger partial charge is 0.337 e. The molecule has 154 valence electrons. The molecule has 0 N–H and O–H groups in total. The molecule has 29 heavy (non-hydrogen) atoms. The number of hydrogen-bond acceptors (Lipinski definition) is 3. The summed E-state index contributed by atoms with van der Waals surface area (Å²) >= 11 is 5.71. The van der Waals surface area contributed by atoms with Crippen molar-refractivity contribution in [3.05, 3.63) is 64.9 Å². The number of halogens is 2. The van der Waals surface area contributed by atoms with E-state index in [1.807, 2.05) is 4.90 Å². The number of piperidine rings is 1. The number of sulfone groups is 1. The van der Waals surface area contributed by atoms with E-state index in [4.69, 9.17) is 11.6 Å². The van der Waals surface area contributed by atoms with Crippen LogP contribution >= 0.6 is 11.6 Å². The molecule has 3 atom stereocenters. The second-order valence-corrected chi connectivity index (χ2v) is 10.5. The van der Waals surface area contributed by atoms with E-state index < -0.39 is 20.9 Å². The molecule has 0 aromatic heterocycles. The van der Waals surface area contributed by atoms with Gasteiger partial charge in [-0.3, -0.25) is 4.79 Å². The van der Waals surface area contributed by atoms with Crippen LogP contribution in [-0.2, 0) is 21.1 Å². The van der Waals surface area contributed by atoms with Gasteiger partial charge in [0.25, 0.3) is 0 Å². The van der Waals surface area contributed by atoms with Gasteiger partial charge in [0, 0.05) is 18.5 Å². The first-order chi connectivity index (χ1) is 13.9. The molecular formula is C22H23ClFNO3S. The van der Waals surface area contributed by atoms with E-state index in [1.165, 1.54) is 12.1 Å². The second kappa shape index (κ2) is 8.07. The zero-order valence-corrected chi connectivity index (χ0v) is 17.5. The van der Waals surface area contributed by atoms with Gasteiger partial charge in [-0.25, -0.2) is 12.8 Å². The fourth-order valence-corrected chi connectivity index (χ4v) is 6.66. The molecule has 2 bridgehead atoms. The summed E-state index contributed by atoms with van der Waals surface area (Å²) in [6.07, 6.45) is 3.36. The third-order valence-corrected chi connectivity index (χ3v) is 8.60. The predicted molar refractivity (Wildman–Crippen MR) is 110 cm³/mol. The molecule has 2 fully saturated rings. The van der Waals surface area contributed by atoms with E-state index in [0.29, 0.717) is 24.2 Å². The molecule has 2 aliphatic rings. The van der Waals surface area contributed by atoms with Gasteiger partial charge in [0.15, 0.2) is 9.84 Å². The molecule has 0 spiro atoms. The van der Waals surface area contributed by atoms with E-state index >= 15 is 0 Å². The highest BCUT2D eigenvalue weighted by Gasteiger charge is 2.46. The zero-order valence-electron chi connectivity index (χ0n) is 15.9. The monoisotopic (exact) mass is 435 g/mol. The van der Waals surface area contributed by atoms with Crippen molar-refractivity contribution in [2.75, 3.05) is 0 Å². The summed E-state index contributed by atoms with van der Waals surface area (Å²) in [7, 11) is -3.39. The van der Waals surface area contributed by atoms with Gasteiger partial charge in [-0.1, -0.05) is 35.9 Å². The van der Waals surface area contributed by atoms with Crippen molar-refractivity contribution in [2.45, 2.75) is 60.8 Å². The lowest BCUT2D eigenvalue weighted by Crippen LogP contribution is -2.49. The lowest BCUT2D eigenvalue weighted by atomic mass is 10.0. The van der Waals surface area contributed by atoms with Crippen LogP contribution in [0.2, 0.25) is 5.02 Å². The third-order valence-electron chi connectivity index (χ3n) is 6.10. The quantitative estimate of drug-likeness (QED) is 0.699. The Morgan fingerprint density at radius 3 is 2.34 bits per heavy atom. The Hall–Kier alpha value is -1.92. The third kappa shape index (κ3) is 4.05. The van der Waals surface area contributed by atoms with Crippen LogP contribution in [0.15, 0.2) is 53.4 Å². The summed E-state index contributed by atoms with van der Waals surface area (Å²) in [5.41, 5.74) is 0.731. The molecule has 2 aliphatic heterocycles. The van der Waals surface area contributed by atoms with Gasteiger partial charge in [0.2, 0.25) is 5.91 Å². The maximum absolute atomic E-state index is 13.6. The van der Waals surface area contributed by atoms with Crippen LogP contribution in [0.4, 0.5) is 4.39 Å². The number of carbonyl (C=O) groups excluding carboxylic acids is 1. The van der Waals surface area contributed by atoms with Gasteiger partial charge >= 0.3 is 0 Å². The number of amides is 1. The van der Waals surface area contributed by atoms with Crippen LogP contribution < -0.4 is 0 Å². The van der Waals surface area contributed by atoms with Gasteiger partial charge in [0.1, 0.15) is 5.82 Å². The van der Waals surface area contributed by atoms with Crippen molar-refractivity contribution in [1.29, 1.82) is 0 Å². The van der Waals surface area contributed by atoms with Gasteiger partial charge in [-0.2, -0.15) is 0 Å². The number of hydrogen-bond donors (Lipinski definition) is 0.